The molecule has 18 heavy (non-hydrogen) atoms. The minimum absolute atomic E-state index is 0.207. The van der Waals surface area contributed by atoms with Gasteiger partial charge in [-0.15, -0.1) is 11.3 Å². The Labute approximate surface area is 109 Å². The highest BCUT2D eigenvalue weighted by molar-refractivity contribution is 7.13. The molecule has 0 radical (unpaired) electrons. The maximum atomic E-state index is 12.1. The molecule has 2 heterocycles. The number of aromatic nitrogens is 2. The first kappa shape index (κ1) is 12.5. The van der Waals surface area contributed by atoms with E-state index in [0.717, 1.165) is 17.1 Å². The van der Waals surface area contributed by atoms with Crippen LogP contribution in [-0.4, -0.2) is 22.9 Å². The van der Waals surface area contributed by atoms with Gasteiger partial charge >= 0.3 is 0 Å². The van der Waals surface area contributed by atoms with Crippen molar-refractivity contribution in [1.82, 2.24) is 9.97 Å². The number of rotatable bonds is 3. The fourth-order valence-electron chi connectivity index (χ4n) is 1.52. The zero-order chi connectivity index (χ0) is 13.1. The first-order chi connectivity index (χ1) is 8.60. The molecule has 2 rings (SSSR count). The predicted molar refractivity (Wildman–Crippen MR) is 73.3 cm³/mol. The lowest BCUT2D eigenvalue weighted by Gasteiger charge is -2.08. The van der Waals surface area contributed by atoms with Crippen molar-refractivity contribution < 1.29 is 4.79 Å². The SMILES string of the molecule is CNc1cc(C)ncc1C(=O)Nc1nc(C)cs1. The molecule has 0 spiro atoms. The molecule has 0 aliphatic heterocycles. The molecule has 94 valence electrons. The van der Waals surface area contributed by atoms with Crippen molar-refractivity contribution in [2.24, 2.45) is 0 Å². The Kier molecular flexibility index (Phi) is 3.57. The second-order valence-corrected chi connectivity index (χ2v) is 4.73. The van der Waals surface area contributed by atoms with Crippen LogP contribution in [0.5, 0.6) is 0 Å². The molecule has 0 saturated carbocycles. The van der Waals surface area contributed by atoms with E-state index in [1.165, 1.54) is 11.3 Å². The summed E-state index contributed by atoms with van der Waals surface area (Å²) in [7, 11) is 1.78. The number of hydrogen-bond acceptors (Lipinski definition) is 5. The third kappa shape index (κ3) is 2.65. The third-order valence-corrected chi connectivity index (χ3v) is 3.27. The number of nitrogens with zero attached hydrogens (tertiary/aromatic N) is 2. The highest BCUT2D eigenvalue weighted by atomic mass is 32.1. The summed E-state index contributed by atoms with van der Waals surface area (Å²) in [6.07, 6.45) is 1.57. The highest BCUT2D eigenvalue weighted by Gasteiger charge is 2.13. The van der Waals surface area contributed by atoms with Gasteiger partial charge < -0.3 is 5.32 Å². The maximum absolute atomic E-state index is 12.1. The number of nitrogens with one attached hydrogen (secondary N) is 2. The van der Waals surface area contributed by atoms with Crippen molar-refractivity contribution in [2.45, 2.75) is 13.8 Å². The smallest absolute Gasteiger partial charge is 0.261 e. The summed E-state index contributed by atoms with van der Waals surface area (Å²) < 4.78 is 0. The second-order valence-electron chi connectivity index (χ2n) is 3.87. The van der Waals surface area contributed by atoms with Gasteiger partial charge in [0.05, 0.1) is 16.9 Å². The number of carbonyl (C=O) groups is 1. The number of aryl methyl sites for hydroxylation is 2. The summed E-state index contributed by atoms with van der Waals surface area (Å²) in [5.41, 5.74) is 3.02. The van der Waals surface area contributed by atoms with Gasteiger partial charge in [0.25, 0.3) is 5.91 Å². The Bertz CT molecular complexity index is 579. The Morgan fingerprint density at radius 2 is 2.11 bits per heavy atom. The molecule has 0 bridgehead atoms. The number of pyridine rings is 1. The highest BCUT2D eigenvalue weighted by Crippen LogP contribution is 2.19. The van der Waals surface area contributed by atoms with Gasteiger partial charge in [-0.2, -0.15) is 0 Å². The van der Waals surface area contributed by atoms with E-state index in [1.807, 2.05) is 25.3 Å². The molecule has 0 saturated heterocycles. The molecule has 2 N–H and O–H groups in total. The summed E-state index contributed by atoms with van der Waals surface area (Å²) in [4.78, 5) is 20.4. The Morgan fingerprint density at radius 1 is 1.33 bits per heavy atom. The van der Waals surface area contributed by atoms with E-state index in [1.54, 1.807) is 13.2 Å². The summed E-state index contributed by atoms with van der Waals surface area (Å²) in [6.45, 7) is 3.77. The fraction of sp³-hybridized carbons (Fsp3) is 0.250. The van der Waals surface area contributed by atoms with Gasteiger partial charge in [-0.3, -0.25) is 15.1 Å². The van der Waals surface area contributed by atoms with Gasteiger partial charge in [-0.05, 0) is 19.9 Å². The lowest BCUT2D eigenvalue weighted by molar-refractivity contribution is 0.102. The molecule has 0 atom stereocenters. The fourth-order valence-corrected chi connectivity index (χ4v) is 2.21. The van der Waals surface area contributed by atoms with Crippen molar-refractivity contribution in [3.63, 3.8) is 0 Å². The summed E-state index contributed by atoms with van der Waals surface area (Å²) in [5.74, 6) is -0.207. The van der Waals surface area contributed by atoms with Crippen LogP contribution in [0, 0.1) is 13.8 Å². The van der Waals surface area contributed by atoms with Crippen molar-refractivity contribution in [3.05, 3.63) is 34.6 Å². The Morgan fingerprint density at radius 3 is 2.72 bits per heavy atom. The molecule has 0 aliphatic carbocycles. The molecular weight excluding hydrogens is 248 g/mol. The first-order valence-electron chi connectivity index (χ1n) is 5.48. The molecule has 2 aromatic rings. The van der Waals surface area contributed by atoms with Crippen LogP contribution in [0.25, 0.3) is 0 Å². The number of carbonyl (C=O) groups excluding carboxylic acids is 1. The van der Waals surface area contributed by atoms with E-state index in [9.17, 15) is 4.79 Å². The second kappa shape index (κ2) is 5.14. The minimum Gasteiger partial charge on any atom is -0.387 e. The maximum Gasteiger partial charge on any atom is 0.261 e. The summed E-state index contributed by atoms with van der Waals surface area (Å²) in [6, 6.07) is 1.84. The molecule has 1 amide bonds. The van der Waals surface area contributed by atoms with Crippen LogP contribution in [0.3, 0.4) is 0 Å². The van der Waals surface area contributed by atoms with Crippen molar-refractivity contribution in [2.75, 3.05) is 17.7 Å². The van der Waals surface area contributed by atoms with Gasteiger partial charge in [-0.1, -0.05) is 0 Å². The average molecular weight is 262 g/mol. The van der Waals surface area contributed by atoms with Crippen LogP contribution in [-0.2, 0) is 0 Å². The normalized spacial score (nSPS) is 10.2. The van der Waals surface area contributed by atoms with Crippen LogP contribution >= 0.6 is 11.3 Å². The quantitative estimate of drug-likeness (QED) is 0.891. The zero-order valence-corrected chi connectivity index (χ0v) is 11.3. The van der Waals surface area contributed by atoms with E-state index >= 15 is 0 Å². The Hall–Kier alpha value is -1.95. The van der Waals surface area contributed by atoms with Crippen LogP contribution in [0.4, 0.5) is 10.8 Å². The topological polar surface area (TPSA) is 66.9 Å². The number of amides is 1. The predicted octanol–water partition coefficient (Wildman–Crippen LogP) is 2.45. The minimum atomic E-state index is -0.207. The molecule has 6 heteroatoms. The van der Waals surface area contributed by atoms with Gasteiger partial charge in [0.15, 0.2) is 5.13 Å². The van der Waals surface area contributed by atoms with E-state index in [0.29, 0.717) is 10.7 Å². The number of thiazole rings is 1. The van der Waals surface area contributed by atoms with Crippen molar-refractivity contribution in [3.8, 4) is 0 Å². The summed E-state index contributed by atoms with van der Waals surface area (Å²) >= 11 is 1.41. The van der Waals surface area contributed by atoms with Gasteiger partial charge in [0.2, 0.25) is 0 Å². The van der Waals surface area contributed by atoms with E-state index < -0.39 is 0 Å². The zero-order valence-electron chi connectivity index (χ0n) is 10.4. The lowest BCUT2D eigenvalue weighted by Crippen LogP contribution is -2.14. The number of hydrogen-bond donors (Lipinski definition) is 2. The first-order valence-corrected chi connectivity index (χ1v) is 6.36. The third-order valence-electron chi connectivity index (χ3n) is 2.39. The van der Waals surface area contributed by atoms with Crippen molar-refractivity contribution >= 4 is 28.1 Å². The van der Waals surface area contributed by atoms with E-state index in [-0.39, 0.29) is 5.91 Å². The molecule has 0 aromatic carbocycles. The standard InChI is InChI=1S/C12H14N4OS/c1-7-4-10(13-3)9(5-14-7)11(17)16-12-15-8(2)6-18-12/h4-6H,1-3H3,(H,13,14)(H,15,16,17). The van der Waals surface area contributed by atoms with Crippen molar-refractivity contribution in [1.29, 1.82) is 0 Å². The Balaban J connectivity index is 2.23. The average Bonchev–Trinajstić information content (AvgIpc) is 2.74. The monoisotopic (exact) mass is 262 g/mol. The van der Waals surface area contributed by atoms with Gasteiger partial charge in [0, 0.05) is 24.3 Å². The van der Waals surface area contributed by atoms with Crippen LogP contribution in [0.2, 0.25) is 0 Å². The van der Waals surface area contributed by atoms with Crippen LogP contribution < -0.4 is 10.6 Å². The largest absolute Gasteiger partial charge is 0.387 e. The molecule has 0 aliphatic rings. The van der Waals surface area contributed by atoms with Crippen LogP contribution in [0.15, 0.2) is 17.6 Å². The van der Waals surface area contributed by atoms with Gasteiger partial charge in [-0.25, -0.2) is 4.98 Å². The lowest BCUT2D eigenvalue weighted by atomic mass is 10.2. The molecule has 5 nitrogen and oxygen atoms in total. The van der Waals surface area contributed by atoms with Crippen LogP contribution in [0.1, 0.15) is 21.7 Å². The van der Waals surface area contributed by atoms with Gasteiger partial charge in [0.1, 0.15) is 0 Å². The molecule has 0 fully saturated rings. The number of anilines is 2. The molecular formula is C12H14N4OS. The van der Waals surface area contributed by atoms with E-state index in [4.69, 9.17) is 0 Å². The molecule has 2 aromatic heterocycles. The summed E-state index contributed by atoms with van der Waals surface area (Å²) in [5, 5.41) is 8.24. The van der Waals surface area contributed by atoms with E-state index in [2.05, 4.69) is 20.6 Å². The molecule has 0 unspecified atom stereocenters.